The zero-order valence-electron chi connectivity index (χ0n) is 9.74. The molecule has 0 spiro atoms. The third-order valence-corrected chi connectivity index (χ3v) is 3.21. The van der Waals surface area contributed by atoms with E-state index in [1.54, 1.807) is 13.0 Å². The number of hydrogen-bond donors (Lipinski definition) is 2. The lowest BCUT2D eigenvalue weighted by atomic mass is 10.2. The molecule has 0 aliphatic carbocycles. The van der Waals surface area contributed by atoms with Gasteiger partial charge in [0, 0.05) is 21.4 Å². The standard InChI is InChI=1S/C13H12INO3/c1-8-9(5-12(18-8)13(16)17)7-15-11-4-2-3-10(14)6-11/h2-6,15H,7H2,1H3,(H,16,17). The lowest BCUT2D eigenvalue weighted by Gasteiger charge is -2.05. The summed E-state index contributed by atoms with van der Waals surface area (Å²) in [5, 5.41) is 12.1. The molecule has 18 heavy (non-hydrogen) atoms. The van der Waals surface area contributed by atoms with Crippen LogP contribution in [-0.2, 0) is 6.54 Å². The number of carboxylic acids is 1. The molecule has 4 nitrogen and oxygen atoms in total. The second-order valence-corrected chi connectivity index (χ2v) is 5.11. The predicted molar refractivity (Wildman–Crippen MR) is 76.9 cm³/mol. The van der Waals surface area contributed by atoms with Gasteiger partial charge in [-0.2, -0.15) is 0 Å². The molecule has 2 aromatic rings. The minimum absolute atomic E-state index is 0.0213. The largest absolute Gasteiger partial charge is 0.475 e. The van der Waals surface area contributed by atoms with E-state index in [1.165, 1.54) is 0 Å². The molecular formula is C13H12INO3. The summed E-state index contributed by atoms with van der Waals surface area (Å²) < 4.78 is 6.29. The van der Waals surface area contributed by atoms with Crippen LogP contribution in [0.3, 0.4) is 0 Å². The maximum absolute atomic E-state index is 10.8. The van der Waals surface area contributed by atoms with Crippen LogP contribution in [0.2, 0.25) is 0 Å². The van der Waals surface area contributed by atoms with Crippen molar-refractivity contribution in [2.24, 2.45) is 0 Å². The van der Waals surface area contributed by atoms with Gasteiger partial charge in [0.25, 0.3) is 0 Å². The van der Waals surface area contributed by atoms with Crippen LogP contribution in [0.4, 0.5) is 5.69 Å². The van der Waals surface area contributed by atoms with Crippen LogP contribution in [0.5, 0.6) is 0 Å². The molecule has 0 aliphatic heterocycles. The van der Waals surface area contributed by atoms with E-state index in [0.29, 0.717) is 12.3 Å². The number of benzene rings is 1. The number of anilines is 1. The van der Waals surface area contributed by atoms with Crippen LogP contribution in [0, 0.1) is 10.5 Å². The number of nitrogens with one attached hydrogen (secondary N) is 1. The van der Waals surface area contributed by atoms with Crippen molar-refractivity contribution < 1.29 is 14.3 Å². The van der Waals surface area contributed by atoms with Gasteiger partial charge in [-0.1, -0.05) is 6.07 Å². The lowest BCUT2D eigenvalue weighted by Crippen LogP contribution is -1.99. The van der Waals surface area contributed by atoms with Gasteiger partial charge in [-0.05, 0) is 53.8 Å². The van der Waals surface area contributed by atoms with E-state index in [-0.39, 0.29) is 5.76 Å². The zero-order valence-corrected chi connectivity index (χ0v) is 11.9. The fourth-order valence-electron chi connectivity index (χ4n) is 1.60. The summed E-state index contributed by atoms with van der Waals surface area (Å²) in [6.07, 6.45) is 0. The van der Waals surface area contributed by atoms with E-state index in [2.05, 4.69) is 27.9 Å². The highest BCUT2D eigenvalue weighted by atomic mass is 127. The number of furan rings is 1. The molecule has 0 atom stereocenters. The Hall–Kier alpha value is -1.50. The Labute approximate surface area is 118 Å². The van der Waals surface area contributed by atoms with Crippen molar-refractivity contribution in [2.45, 2.75) is 13.5 Å². The van der Waals surface area contributed by atoms with Crippen molar-refractivity contribution in [3.05, 3.63) is 51.0 Å². The second-order valence-electron chi connectivity index (χ2n) is 3.86. The monoisotopic (exact) mass is 357 g/mol. The maximum atomic E-state index is 10.8. The van der Waals surface area contributed by atoms with Gasteiger partial charge in [-0.15, -0.1) is 0 Å². The molecule has 0 aliphatic rings. The smallest absolute Gasteiger partial charge is 0.371 e. The van der Waals surface area contributed by atoms with Gasteiger partial charge in [0.05, 0.1) is 0 Å². The number of carbonyl (C=O) groups is 1. The molecule has 0 saturated carbocycles. The van der Waals surface area contributed by atoms with E-state index in [4.69, 9.17) is 9.52 Å². The molecule has 1 aromatic carbocycles. The topological polar surface area (TPSA) is 62.5 Å². The van der Waals surface area contributed by atoms with Gasteiger partial charge in [-0.25, -0.2) is 4.79 Å². The van der Waals surface area contributed by atoms with Crippen molar-refractivity contribution in [1.82, 2.24) is 0 Å². The van der Waals surface area contributed by atoms with Gasteiger partial charge >= 0.3 is 5.97 Å². The first kappa shape index (κ1) is 12.9. The first-order valence-electron chi connectivity index (χ1n) is 5.38. The highest BCUT2D eigenvalue weighted by Crippen LogP contribution is 2.18. The normalized spacial score (nSPS) is 10.3. The Bertz CT molecular complexity index is 577. The van der Waals surface area contributed by atoms with Gasteiger partial charge in [0.1, 0.15) is 5.76 Å². The minimum atomic E-state index is -1.04. The Morgan fingerprint density at radius 1 is 1.44 bits per heavy atom. The Morgan fingerprint density at radius 3 is 2.83 bits per heavy atom. The molecule has 0 unspecified atom stereocenters. The number of halogens is 1. The van der Waals surface area contributed by atoms with Crippen LogP contribution >= 0.6 is 22.6 Å². The Balaban J connectivity index is 2.08. The average Bonchev–Trinajstić information content (AvgIpc) is 2.68. The quantitative estimate of drug-likeness (QED) is 0.823. The third-order valence-electron chi connectivity index (χ3n) is 2.54. The molecule has 2 N–H and O–H groups in total. The van der Waals surface area contributed by atoms with Crippen molar-refractivity contribution in [3.8, 4) is 0 Å². The molecule has 2 rings (SSSR count). The molecule has 0 radical (unpaired) electrons. The molecule has 0 amide bonds. The highest BCUT2D eigenvalue weighted by molar-refractivity contribution is 14.1. The molecule has 1 heterocycles. The van der Waals surface area contributed by atoms with Crippen LogP contribution in [0.15, 0.2) is 34.7 Å². The van der Waals surface area contributed by atoms with Crippen LogP contribution in [-0.4, -0.2) is 11.1 Å². The van der Waals surface area contributed by atoms with Crippen molar-refractivity contribution in [2.75, 3.05) is 5.32 Å². The molecular weight excluding hydrogens is 345 g/mol. The summed E-state index contributed by atoms with van der Waals surface area (Å²) in [5.41, 5.74) is 1.85. The van der Waals surface area contributed by atoms with E-state index in [9.17, 15) is 4.79 Å². The Kier molecular flexibility index (Phi) is 3.90. The number of aromatic carboxylic acids is 1. The van der Waals surface area contributed by atoms with E-state index >= 15 is 0 Å². The molecule has 0 fully saturated rings. The maximum Gasteiger partial charge on any atom is 0.371 e. The lowest BCUT2D eigenvalue weighted by molar-refractivity contribution is 0.0661. The summed E-state index contributed by atoms with van der Waals surface area (Å²) in [7, 11) is 0. The van der Waals surface area contributed by atoms with Crippen molar-refractivity contribution in [1.29, 1.82) is 0 Å². The summed E-state index contributed by atoms with van der Waals surface area (Å²) in [5.74, 6) is -0.434. The first-order chi connectivity index (χ1) is 8.56. The van der Waals surface area contributed by atoms with Gasteiger partial charge < -0.3 is 14.8 Å². The SMILES string of the molecule is Cc1oc(C(=O)O)cc1CNc1cccc(I)c1. The van der Waals surface area contributed by atoms with Crippen molar-refractivity contribution in [3.63, 3.8) is 0 Å². The van der Waals surface area contributed by atoms with Crippen LogP contribution in [0.25, 0.3) is 0 Å². The van der Waals surface area contributed by atoms with Gasteiger partial charge in [-0.3, -0.25) is 0 Å². The van der Waals surface area contributed by atoms with E-state index in [1.807, 2.05) is 24.3 Å². The molecule has 0 bridgehead atoms. The number of rotatable bonds is 4. The van der Waals surface area contributed by atoms with Crippen LogP contribution < -0.4 is 5.32 Å². The summed E-state index contributed by atoms with van der Waals surface area (Å²) >= 11 is 2.24. The summed E-state index contributed by atoms with van der Waals surface area (Å²) in [6.45, 7) is 2.31. The van der Waals surface area contributed by atoms with Gasteiger partial charge in [0.2, 0.25) is 5.76 Å². The van der Waals surface area contributed by atoms with Crippen LogP contribution in [0.1, 0.15) is 21.9 Å². The molecule has 0 saturated heterocycles. The number of carboxylic acid groups (broad SMARTS) is 1. The average molecular weight is 357 g/mol. The Morgan fingerprint density at radius 2 is 2.22 bits per heavy atom. The summed E-state index contributed by atoms with van der Waals surface area (Å²) in [6, 6.07) is 9.52. The van der Waals surface area contributed by atoms with Crippen molar-refractivity contribution >= 4 is 34.2 Å². The molecule has 5 heteroatoms. The van der Waals surface area contributed by atoms with Gasteiger partial charge in [0.15, 0.2) is 0 Å². The highest BCUT2D eigenvalue weighted by Gasteiger charge is 2.12. The molecule has 1 aromatic heterocycles. The number of hydrogen-bond acceptors (Lipinski definition) is 3. The third kappa shape index (κ3) is 3.04. The predicted octanol–water partition coefficient (Wildman–Crippen LogP) is 3.50. The fourth-order valence-corrected chi connectivity index (χ4v) is 2.14. The molecule has 94 valence electrons. The second kappa shape index (κ2) is 5.43. The fraction of sp³-hybridized carbons (Fsp3) is 0.154. The number of aryl methyl sites for hydroxylation is 1. The first-order valence-corrected chi connectivity index (χ1v) is 6.46. The zero-order chi connectivity index (χ0) is 13.1. The minimum Gasteiger partial charge on any atom is -0.475 e. The summed E-state index contributed by atoms with van der Waals surface area (Å²) in [4.78, 5) is 10.8. The van der Waals surface area contributed by atoms with E-state index in [0.717, 1.165) is 14.8 Å². The van der Waals surface area contributed by atoms with E-state index < -0.39 is 5.97 Å².